The van der Waals surface area contributed by atoms with Gasteiger partial charge in [0.15, 0.2) is 0 Å². The van der Waals surface area contributed by atoms with Crippen LogP contribution in [0, 0.1) is 0 Å². The number of nitrogens with one attached hydrogen (secondary N) is 1. The third-order valence-corrected chi connectivity index (χ3v) is 3.59. The van der Waals surface area contributed by atoms with Crippen molar-refractivity contribution in [2.45, 2.75) is 13.0 Å². The summed E-state index contributed by atoms with van der Waals surface area (Å²) in [5.74, 6) is 0.526. The molecule has 20 heavy (non-hydrogen) atoms. The number of hydrogen-bond donors (Lipinski definition) is 1. The molecule has 1 N–H and O–H groups in total. The van der Waals surface area contributed by atoms with Crippen LogP contribution in [0.15, 0.2) is 30.6 Å². The molecule has 2 rings (SSSR count). The normalized spacial score (nSPS) is 12.2. The Morgan fingerprint density at radius 3 is 2.65 bits per heavy atom. The molecule has 0 fully saturated rings. The largest absolute Gasteiger partial charge is 0.481 e. The molecular weight excluding hydrogens is 297 g/mol. The summed E-state index contributed by atoms with van der Waals surface area (Å²) < 4.78 is 5.14. The van der Waals surface area contributed by atoms with Gasteiger partial charge < -0.3 is 10.1 Å². The Morgan fingerprint density at radius 2 is 2.00 bits per heavy atom. The van der Waals surface area contributed by atoms with E-state index in [1.807, 2.05) is 19.1 Å². The Hall–Kier alpha value is -1.36. The van der Waals surface area contributed by atoms with Gasteiger partial charge in [-0.1, -0.05) is 36.2 Å². The number of aromatic nitrogens is 2. The van der Waals surface area contributed by atoms with Crippen LogP contribution in [0.2, 0.25) is 10.0 Å². The molecule has 1 heterocycles. The summed E-state index contributed by atoms with van der Waals surface area (Å²) in [6, 6.07) is 7.26. The Morgan fingerprint density at radius 1 is 1.20 bits per heavy atom. The first-order valence-corrected chi connectivity index (χ1v) is 6.95. The lowest BCUT2D eigenvalue weighted by molar-refractivity contribution is 0.395. The predicted octanol–water partition coefficient (Wildman–Crippen LogP) is 3.49. The van der Waals surface area contributed by atoms with Crippen LogP contribution >= 0.6 is 23.2 Å². The minimum atomic E-state index is -0.0910. The van der Waals surface area contributed by atoms with Crippen molar-refractivity contribution in [3.63, 3.8) is 0 Å². The molecule has 0 saturated heterocycles. The van der Waals surface area contributed by atoms with E-state index in [9.17, 15) is 0 Å². The zero-order valence-electron chi connectivity index (χ0n) is 11.2. The topological polar surface area (TPSA) is 47.0 Å². The molecule has 2 aromatic rings. The van der Waals surface area contributed by atoms with Gasteiger partial charge in [0.2, 0.25) is 5.88 Å². The summed E-state index contributed by atoms with van der Waals surface area (Å²) in [5, 5.41) is 4.42. The quantitative estimate of drug-likeness (QED) is 0.918. The summed E-state index contributed by atoms with van der Waals surface area (Å²) in [4.78, 5) is 8.32. The average Bonchev–Trinajstić information content (AvgIpc) is 2.48. The molecule has 0 aliphatic heterocycles. The fraction of sp³-hybridized carbons (Fsp3) is 0.286. The highest BCUT2D eigenvalue weighted by molar-refractivity contribution is 6.42. The highest BCUT2D eigenvalue weighted by Gasteiger charge is 2.16. The fourth-order valence-electron chi connectivity index (χ4n) is 1.91. The molecule has 1 aromatic heterocycles. The molecule has 1 atom stereocenters. The van der Waals surface area contributed by atoms with E-state index in [1.54, 1.807) is 19.2 Å². The lowest BCUT2D eigenvalue weighted by atomic mass is 10.0. The highest BCUT2D eigenvalue weighted by atomic mass is 35.5. The highest BCUT2D eigenvalue weighted by Crippen LogP contribution is 2.28. The molecule has 0 bridgehead atoms. The van der Waals surface area contributed by atoms with Gasteiger partial charge in [0.25, 0.3) is 0 Å². The monoisotopic (exact) mass is 311 g/mol. The van der Waals surface area contributed by atoms with Crippen molar-refractivity contribution in [1.82, 2.24) is 15.3 Å². The number of nitrogens with zero attached hydrogens (tertiary/aromatic N) is 2. The zero-order chi connectivity index (χ0) is 14.5. The number of methoxy groups -OCH3 is 1. The molecule has 0 spiro atoms. The first-order chi connectivity index (χ1) is 9.65. The Kier molecular flexibility index (Phi) is 5.17. The predicted molar refractivity (Wildman–Crippen MR) is 80.6 cm³/mol. The van der Waals surface area contributed by atoms with Crippen molar-refractivity contribution in [3.8, 4) is 5.88 Å². The van der Waals surface area contributed by atoms with Gasteiger partial charge in [-0.15, -0.1) is 0 Å². The first-order valence-electron chi connectivity index (χ1n) is 6.20. The summed E-state index contributed by atoms with van der Waals surface area (Å²) >= 11 is 12.0. The van der Waals surface area contributed by atoms with Crippen LogP contribution in [0.1, 0.15) is 24.2 Å². The minimum Gasteiger partial charge on any atom is -0.481 e. The molecule has 6 heteroatoms. The van der Waals surface area contributed by atoms with Crippen LogP contribution in [-0.2, 0) is 0 Å². The molecule has 0 aliphatic rings. The van der Waals surface area contributed by atoms with E-state index in [0.29, 0.717) is 15.9 Å². The number of ether oxygens (including phenoxy) is 1. The summed E-state index contributed by atoms with van der Waals surface area (Å²) in [6.07, 6.45) is 1.48. The standard InChI is InChI=1S/C14H15Cl2N3O/c1-3-17-14(9-4-5-10(15)11(16)6-9)12-7-13(20-2)19-8-18-12/h4-8,14,17H,3H2,1-2H3. The van der Waals surface area contributed by atoms with E-state index >= 15 is 0 Å². The third-order valence-electron chi connectivity index (χ3n) is 2.85. The molecular formula is C14H15Cl2N3O. The van der Waals surface area contributed by atoms with Gasteiger partial charge in [0.05, 0.1) is 28.9 Å². The van der Waals surface area contributed by atoms with Crippen LogP contribution in [0.3, 0.4) is 0 Å². The van der Waals surface area contributed by atoms with E-state index in [2.05, 4.69) is 15.3 Å². The van der Waals surface area contributed by atoms with Gasteiger partial charge in [0.1, 0.15) is 6.33 Å². The zero-order valence-corrected chi connectivity index (χ0v) is 12.7. The molecule has 0 radical (unpaired) electrons. The number of halogens is 2. The van der Waals surface area contributed by atoms with E-state index in [-0.39, 0.29) is 6.04 Å². The summed E-state index contributed by atoms with van der Waals surface area (Å²) in [5.41, 5.74) is 1.80. The van der Waals surface area contributed by atoms with Crippen LogP contribution in [0.4, 0.5) is 0 Å². The van der Waals surface area contributed by atoms with Crippen LogP contribution in [0.5, 0.6) is 5.88 Å². The van der Waals surface area contributed by atoms with Gasteiger partial charge in [-0.05, 0) is 24.2 Å². The maximum Gasteiger partial charge on any atom is 0.216 e. The van der Waals surface area contributed by atoms with Crippen molar-refractivity contribution in [1.29, 1.82) is 0 Å². The number of benzene rings is 1. The first kappa shape index (κ1) is 15.0. The van der Waals surface area contributed by atoms with Gasteiger partial charge in [-0.2, -0.15) is 0 Å². The van der Waals surface area contributed by atoms with Gasteiger partial charge in [0, 0.05) is 6.07 Å². The van der Waals surface area contributed by atoms with Crippen LogP contribution in [-0.4, -0.2) is 23.6 Å². The fourth-order valence-corrected chi connectivity index (χ4v) is 2.22. The van der Waals surface area contributed by atoms with Crippen LogP contribution in [0.25, 0.3) is 0 Å². The Labute approximate surface area is 128 Å². The second kappa shape index (κ2) is 6.88. The third kappa shape index (κ3) is 3.39. The van der Waals surface area contributed by atoms with E-state index in [4.69, 9.17) is 27.9 Å². The molecule has 0 saturated carbocycles. The molecule has 1 unspecified atom stereocenters. The molecule has 1 aromatic carbocycles. The number of hydrogen-bond acceptors (Lipinski definition) is 4. The summed E-state index contributed by atoms with van der Waals surface area (Å²) in [7, 11) is 1.58. The van der Waals surface area contributed by atoms with Crippen molar-refractivity contribution < 1.29 is 4.74 Å². The second-order valence-electron chi connectivity index (χ2n) is 4.15. The molecule has 0 aliphatic carbocycles. The molecule has 106 valence electrons. The van der Waals surface area contributed by atoms with E-state index in [0.717, 1.165) is 17.8 Å². The maximum atomic E-state index is 6.09. The van der Waals surface area contributed by atoms with Gasteiger partial charge >= 0.3 is 0 Å². The number of rotatable bonds is 5. The Balaban J connectivity index is 2.41. The SMILES string of the molecule is CCNC(c1ccc(Cl)c(Cl)c1)c1cc(OC)ncn1. The van der Waals surface area contributed by atoms with Crippen LogP contribution < -0.4 is 10.1 Å². The van der Waals surface area contributed by atoms with Crippen molar-refractivity contribution in [2.75, 3.05) is 13.7 Å². The van der Waals surface area contributed by atoms with E-state index < -0.39 is 0 Å². The lowest BCUT2D eigenvalue weighted by Gasteiger charge is -2.18. The second-order valence-corrected chi connectivity index (χ2v) is 4.96. The smallest absolute Gasteiger partial charge is 0.216 e. The Bertz CT molecular complexity index is 592. The summed E-state index contributed by atoms with van der Waals surface area (Å²) in [6.45, 7) is 2.82. The average molecular weight is 312 g/mol. The maximum absolute atomic E-state index is 6.09. The van der Waals surface area contributed by atoms with E-state index in [1.165, 1.54) is 6.33 Å². The van der Waals surface area contributed by atoms with Crippen molar-refractivity contribution in [2.24, 2.45) is 0 Å². The molecule has 0 amide bonds. The lowest BCUT2D eigenvalue weighted by Crippen LogP contribution is -2.23. The van der Waals surface area contributed by atoms with Crippen molar-refractivity contribution >= 4 is 23.2 Å². The van der Waals surface area contributed by atoms with Gasteiger partial charge in [-0.3, -0.25) is 0 Å². The molecule has 4 nitrogen and oxygen atoms in total. The minimum absolute atomic E-state index is 0.0910. The van der Waals surface area contributed by atoms with Crippen molar-refractivity contribution in [3.05, 3.63) is 51.9 Å². The van der Waals surface area contributed by atoms with Gasteiger partial charge in [-0.25, -0.2) is 9.97 Å².